The minimum atomic E-state index is -4.52. The van der Waals surface area contributed by atoms with E-state index in [1.807, 2.05) is 5.10 Å². The zero-order valence-corrected chi connectivity index (χ0v) is 13.0. The van der Waals surface area contributed by atoms with Gasteiger partial charge in [0.15, 0.2) is 0 Å². The fourth-order valence-electron chi connectivity index (χ4n) is 2.90. The highest BCUT2D eigenvalue weighted by molar-refractivity contribution is 5.98. The van der Waals surface area contributed by atoms with Gasteiger partial charge in [0, 0.05) is 17.7 Å². The summed E-state index contributed by atoms with van der Waals surface area (Å²) >= 11 is 0. The summed E-state index contributed by atoms with van der Waals surface area (Å²) in [7, 11) is 0. The number of primary amides is 1. The normalized spacial score (nSPS) is 17.7. The lowest BCUT2D eigenvalue weighted by molar-refractivity contribution is -0.141. The third-order valence-corrected chi connectivity index (χ3v) is 4.13. The molecule has 1 atom stereocenters. The molecule has 0 radical (unpaired) electrons. The van der Waals surface area contributed by atoms with Crippen molar-refractivity contribution in [1.29, 1.82) is 0 Å². The summed E-state index contributed by atoms with van der Waals surface area (Å²) in [5.74, 6) is -0.946. The zero-order chi connectivity index (χ0) is 18.2. The molecule has 1 saturated heterocycles. The average molecular weight is 352 g/mol. The van der Waals surface area contributed by atoms with Gasteiger partial charge in [-0.25, -0.2) is 0 Å². The second-order valence-corrected chi connectivity index (χ2v) is 5.80. The first-order valence-corrected chi connectivity index (χ1v) is 7.60. The van der Waals surface area contributed by atoms with Gasteiger partial charge in [0.2, 0.25) is 5.91 Å². The summed E-state index contributed by atoms with van der Waals surface area (Å²) in [4.78, 5) is 25.5. The predicted molar refractivity (Wildman–Crippen MR) is 82.3 cm³/mol. The Kier molecular flexibility index (Phi) is 4.23. The van der Waals surface area contributed by atoms with Crippen molar-refractivity contribution in [2.45, 2.75) is 25.1 Å². The smallest absolute Gasteiger partial charge is 0.368 e. The van der Waals surface area contributed by atoms with Crippen molar-refractivity contribution in [2.24, 2.45) is 5.73 Å². The maximum atomic E-state index is 12.7. The number of hydrogen-bond acceptors (Lipinski definition) is 3. The lowest BCUT2D eigenvalue weighted by atomic mass is 10.1. The third kappa shape index (κ3) is 3.35. The van der Waals surface area contributed by atoms with E-state index in [-0.39, 0.29) is 17.2 Å². The number of hydrogen-bond donors (Lipinski definition) is 2. The molecule has 0 aliphatic carbocycles. The number of carbonyl (C=O) groups is 2. The number of aromatic nitrogens is 2. The molecule has 1 aromatic carbocycles. The summed E-state index contributed by atoms with van der Waals surface area (Å²) < 4.78 is 38.0. The molecule has 25 heavy (non-hydrogen) atoms. The minimum Gasteiger partial charge on any atom is -0.368 e. The molecule has 1 fully saturated rings. The molecular weight excluding hydrogens is 337 g/mol. The van der Waals surface area contributed by atoms with E-state index >= 15 is 0 Å². The van der Waals surface area contributed by atoms with Crippen LogP contribution >= 0.6 is 0 Å². The fraction of sp³-hybridized carbons (Fsp3) is 0.312. The minimum absolute atomic E-state index is 0.0786. The number of halogens is 3. The maximum Gasteiger partial charge on any atom is 0.432 e. The Morgan fingerprint density at radius 1 is 1.28 bits per heavy atom. The van der Waals surface area contributed by atoms with Crippen molar-refractivity contribution < 1.29 is 22.8 Å². The summed E-state index contributed by atoms with van der Waals surface area (Å²) in [6, 6.07) is 6.33. The number of alkyl halides is 3. The number of rotatable bonds is 3. The van der Waals surface area contributed by atoms with Gasteiger partial charge in [-0.2, -0.15) is 18.3 Å². The molecule has 3 rings (SSSR count). The Labute approximate surface area is 140 Å². The van der Waals surface area contributed by atoms with Gasteiger partial charge >= 0.3 is 6.18 Å². The van der Waals surface area contributed by atoms with Crippen LogP contribution in [0.4, 0.5) is 13.2 Å². The topological polar surface area (TPSA) is 92.1 Å². The molecular formula is C16H15F3N4O2. The molecule has 0 bridgehead atoms. The Morgan fingerprint density at radius 2 is 2.04 bits per heavy atom. The van der Waals surface area contributed by atoms with Crippen LogP contribution in [0.1, 0.15) is 28.9 Å². The highest BCUT2D eigenvalue weighted by Gasteiger charge is 2.34. The Hall–Kier alpha value is -2.84. The van der Waals surface area contributed by atoms with Crippen LogP contribution < -0.4 is 5.73 Å². The van der Waals surface area contributed by atoms with Crippen molar-refractivity contribution >= 4 is 11.8 Å². The van der Waals surface area contributed by atoms with E-state index in [0.29, 0.717) is 24.9 Å². The number of carbonyl (C=O) groups excluding carboxylic acids is 2. The molecule has 0 unspecified atom stereocenters. The van der Waals surface area contributed by atoms with Crippen molar-refractivity contribution in [3.05, 3.63) is 41.6 Å². The van der Waals surface area contributed by atoms with Gasteiger partial charge in [0.1, 0.15) is 11.7 Å². The standard InChI is InChI=1S/C16H15F3N4O2/c17-16(18,19)13-8-11(21-22-13)9-3-1-4-10(7-9)15(25)23-6-2-5-12(23)14(20)24/h1,3-4,7-8,12H,2,5-6H2,(H2,20,24)(H,21,22)/t12-/m0/s1. The number of nitrogens with zero attached hydrogens (tertiary/aromatic N) is 2. The molecule has 0 saturated carbocycles. The van der Waals surface area contributed by atoms with Gasteiger partial charge in [-0.1, -0.05) is 12.1 Å². The van der Waals surface area contributed by atoms with Crippen LogP contribution in [0.3, 0.4) is 0 Å². The van der Waals surface area contributed by atoms with Crippen LogP contribution in [0.15, 0.2) is 30.3 Å². The molecule has 6 nitrogen and oxygen atoms in total. The van der Waals surface area contributed by atoms with Crippen molar-refractivity contribution in [2.75, 3.05) is 6.54 Å². The van der Waals surface area contributed by atoms with E-state index < -0.39 is 23.8 Å². The first-order chi connectivity index (χ1) is 11.8. The Morgan fingerprint density at radius 3 is 2.68 bits per heavy atom. The SMILES string of the molecule is NC(=O)[C@@H]1CCCN1C(=O)c1cccc(-c2cc(C(F)(F)F)[nH]n2)c1. The highest BCUT2D eigenvalue weighted by atomic mass is 19.4. The first kappa shape index (κ1) is 17.0. The molecule has 1 aliphatic heterocycles. The molecule has 2 aromatic rings. The Bertz CT molecular complexity index is 816. The van der Waals surface area contributed by atoms with E-state index in [4.69, 9.17) is 5.73 Å². The number of nitrogens with one attached hydrogen (secondary N) is 1. The largest absolute Gasteiger partial charge is 0.432 e. The second-order valence-electron chi connectivity index (χ2n) is 5.80. The molecule has 1 aromatic heterocycles. The molecule has 132 valence electrons. The second kappa shape index (κ2) is 6.23. The van der Waals surface area contributed by atoms with Gasteiger partial charge < -0.3 is 10.6 Å². The van der Waals surface area contributed by atoms with Gasteiger partial charge in [-0.05, 0) is 31.0 Å². The number of benzene rings is 1. The van der Waals surface area contributed by atoms with Gasteiger partial charge in [-0.3, -0.25) is 14.7 Å². The summed E-state index contributed by atoms with van der Waals surface area (Å²) in [5, 5.41) is 5.59. The zero-order valence-electron chi connectivity index (χ0n) is 13.0. The maximum absolute atomic E-state index is 12.7. The monoisotopic (exact) mass is 352 g/mol. The predicted octanol–water partition coefficient (Wildman–Crippen LogP) is 2.19. The molecule has 2 amide bonds. The molecule has 0 spiro atoms. The average Bonchev–Trinajstić information content (AvgIpc) is 3.23. The molecule has 1 aliphatic rings. The van der Waals surface area contributed by atoms with Gasteiger partial charge in [-0.15, -0.1) is 0 Å². The molecule has 3 N–H and O–H groups in total. The van der Waals surface area contributed by atoms with E-state index in [2.05, 4.69) is 5.10 Å². The summed E-state index contributed by atoms with van der Waals surface area (Å²) in [5.41, 5.74) is 5.06. The van der Waals surface area contributed by atoms with Crippen LogP contribution in [-0.4, -0.2) is 39.5 Å². The lowest BCUT2D eigenvalue weighted by Gasteiger charge is -2.22. The van der Waals surface area contributed by atoms with Crippen LogP contribution in [0, 0.1) is 0 Å². The fourth-order valence-corrected chi connectivity index (χ4v) is 2.90. The summed E-state index contributed by atoms with van der Waals surface area (Å²) in [6.07, 6.45) is -3.34. The number of nitrogens with two attached hydrogens (primary N) is 1. The van der Waals surface area contributed by atoms with Crippen LogP contribution in [-0.2, 0) is 11.0 Å². The number of H-pyrrole nitrogens is 1. The number of likely N-dealkylation sites (tertiary alicyclic amines) is 1. The third-order valence-electron chi connectivity index (χ3n) is 4.13. The Balaban J connectivity index is 1.88. The van der Waals surface area contributed by atoms with E-state index in [1.54, 1.807) is 18.2 Å². The van der Waals surface area contributed by atoms with Crippen LogP contribution in [0.2, 0.25) is 0 Å². The quantitative estimate of drug-likeness (QED) is 0.887. The lowest BCUT2D eigenvalue weighted by Crippen LogP contribution is -2.43. The van der Waals surface area contributed by atoms with E-state index in [0.717, 1.165) is 6.07 Å². The van der Waals surface area contributed by atoms with Gasteiger partial charge in [0.25, 0.3) is 5.91 Å². The number of amides is 2. The van der Waals surface area contributed by atoms with Crippen molar-refractivity contribution in [3.63, 3.8) is 0 Å². The molecule has 2 heterocycles. The first-order valence-electron chi connectivity index (χ1n) is 7.60. The number of aromatic amines is 1. The van der Waals surface area contributed by atoms with Crippen LogP contribution in [0.25, 0.3) is 11.3 Å². The van der Waals surface area contributed by atoms with Crippen molar-refractivity contribution in [1.82, 2.24) is 15.1 Å². The highest BCUT2D eigenvalue weighted by Crippen LogP contribution is 2.30. The van der Waals surface area contributed by atoms with E-state index in [1.165, 1.54) is 11.0 Å². The van der Waals surface area contributed by atoms with Gasteiger partial charge in [0.05, 0.1) is 5.69 Å². The molecule has 9 heteroatoms. The summed E-state index contributed by atoms with van der Waals surface area (Å²) in [6.45, 7) is 0.414. The van der Waals surface area contributed by atoms with E-state index in [9.17, 15) is 22.8 Å². The van der Waals surface area contributed by atoms with Crippen molar-refractivity contribution in [3.8, 4) is 11.3 Å². The van der Waals surface area contributed by atoms with Crippen LogP contribution in [0.5, 0.6) is 0 Å².